The predicted molar refractivity (Wildman–Crippen MR) is 183 cm³/mol. The number of hydrogen-bond donors (Lipinski definition) is 4. The highest BCUT2D eigenvalue weighted by Crippen LogP contribution is 2.43. The SMILES string of the molecule is O=S(=O)(O)c1cc(S(=O)(=O)O)c2c(N=Nc3ccc([C@H](c4ccc(N=Nc5ccc(O)cc5)cc4)C4CCCCC4)cc3)c(O)ccc2c1. The molecule has 14 heteroatoms. The molecule has 0 saturated heterocycles. The first-order valence-corrected chi connectivity index (χ1v) is 18.3. The third-order valence-electron chi connectivity index (χ3n) is 8.60. The quantitative estimate of drug-likeness (QED) is 0.0861. The van der Waals surface area contributed by atoms with Crippen molar-refractivity contribution < 1.29 is 36.2 Å². The van der Waals surface area contributed by atoms with E-state index >= 15 is 0 Å². The summed E-state index contributed by atoms with van der Waals surface area (Å²) in [4.78, 5) is -1.61. The molecule has 4 N–H and O–H groups in total. The molecular formula is C35H32N4O8S2. The molecule has 5 aromatic carbocycles. The molecule has 5 aromatic rings. The lowest BCUT2D eigenvalue weighted by Gasteiger charge is -2.31. The van der Waals surface area contributed by atoms with Crippen LogP contribution in [0, 0.1) is 5.92 Å². The number of hydrogen-bond acceptors (Lipinski definition) is 10. The molecule has 1 aliphatic rings. The Labute approximate surface area is 283 Å². The topological polar surface area (TPSA) is 199 Å². The molecule has 1 aliphatic carbocycles. The number of phenols is 2. The van der Waals surface area contributed by atoms with Crippen LogP contribution >= 0.6 is 0 Å². The molecule has 49 heavy (non-hydrogen) atoms. The molecule has 1 atom stereocenters. The lowest BCUT2D eigenvalue weighted by molar-refractivity contribution is 0.327. The van der Waals surface area contributed by atoms with E-state index in [1.807, 2.05) is 24.3 Å². The van der Waals surface area contributed by atoms with Gasteiger partial charge in [0.2, 0.25) is 0 Å². The fourth-order valence-corrected chi connectivity index (χ4v) is 7.63. The minimum absolute atomic E-state index is 0.0204. The van der Waals surface area contributed by atoms with Crippen LogP contribution in [0.25, 0.3) is 10.8 Å². The summed E-state index contributed by atoms with van der Waals surface area (Å²) in [5.41, 5.74) is 3.61. The number of fused-ring (bicyclic) bond motifs is 1. The van der Waals surface area contributed by atoms with E-state index in [4.69, 9.17) is 0 Å². The highest BCUT2D eigenvalue weighted by Gasteiger charge is 2.27. The summed E-state index contributed by atoms with van der Waals surface area (Å²) in [6.45, 7) is 0. The second-order valence-corrected chi connectivity index (χ2v) is 14.7. The second-order valence-electron chi connectivity index (χ2n) is 11.9. The van der Waals surface area contributed by atoms with E-state index in [1.54, 1.807) is 36.4 Å². The van der Waals surface area contributed by atoms with Crippen molar-refractivity contribution in [2.75, 3.05) is 0 Å². The lowest BCUT2D eigenvalue weighted by atomic mass is 9.73. The van der Waals surface area contributed by atoms with Crippen molar-refractivity contribution in [3.05, 3.63) is 108 Å². The maximum Gasteiger partial charge on any atom is 0.295 e. The van der Waals surface area contributed by atoms with Gasteiger partial charge in [-0.15, -0.1) is 5.11 Å². The van der Waals surface area contributed by atoms with E-state index in [1.165, 1.54) is 18.6 Å². The van der Waals surface area contributed by atoms with Gasteiger partial charge in [-0.25, -0.2) is 0 Å². The Morgan fingerprint density at radius 2 is 1.10 bits per heavy atom. The van der Waals surface area contributed by atoms with Gasteiger partial charge >= 0.3 is 0 Å². The molecule has 1 saturated carbocycles. The van der Waals surface area contributed by atoms with E-state index in [0.717, 1.165) is 42.9 Å². The Bertz CT molecular complexity index is 2270. The van der Waals surface area contributed by atoms with Crippen molar-refractivity contribution >= 4 is 53.8 Å². The molecule has 12 nitrogen and oxygen atoms in total. The van der Waals surface area contributed by atoms with Gasteiger partial charge in [0.15, 0.2) is 0 Å². The van der Waals surface area contributed by atoms with Crippen molar-refractivity contribution in [1.82, 2.24) is 0 Å². The van der Waals surface area contributed by atoms with Crippen LogP contribution in [0.3, 0.4) is 0 Å². The summed E-state index contributed by atoms with van der Waals surface area (Å²) in [5, 5.41) is 36.7. The van der Waals surface area contributed by atoms with Crippen molar-refractivity contribution in [3.8, 4) is 11.5 Å². The standard InChI is InChI=1S/C35H32N4O8S2/c40-29-17-15-28(16-18-29)37-36-26-11-6-23(7-12-26)33(22-4-2-1-3-5-22)24-8-13-27(14-9-24)38-39-35-31(41)19-10-25-20-30(48(42,43)44)21-32(34(25)35)49(45,46)47/h6-22,33,40-41H,1-5H2,(H,42,43,44)(H,45,46,47)/t33-/m0/s1. The Balaban J connectivity index is 1.31. The lowest BCUT2D eigenvalue weighted by Crippen LogP contribution is -2.17. The first kappa shape index (κ1) is 33.9. The maximum absolute atomic E-state index is 12.2. The molecule has 0 aromatic heterocycles. The smallest absolute Gasteiger partial charge is 0.295 e. The summed E-state index contributed by atoms with van der Waals surface area (Å²) in [6.07, 6.45) is 5.68. The van der Waals surface area contributed by atoms with E-state index in [2.05, 4.69) is 32.6 Å². The van der Waals surface area contributed by atoms with Crippen molar-refractivity contribution in [2.24, 2.45) is 26.4 Å². The largest absolute Gasteiger partial charge is 0.508 e. The average molecular weight is 701 g/mol. The van der Waals surface area contributed by atoms with Gasteiger partial charge in [0.25, 0.3) is 20.2 Å². The number of azo groups is 2. The average Bonchev–Trinajstić information content (AvgIpc) is 3.08. The normalized spacial score (nSPS) is 15.3. The van der Waals surface area contributed by atoms with E-state index in [-0.39, 0.29) is 28.1 Å². The van der Waals surface area contributed by atoms with Gasteiger partial charge in [0, 0.05) is 11.3 Å². The zero-order chi connectivity index (χ0) is 34.8. The van der Waals surface area contributed by atoms with Crippen LogP contribution in [0.4, 0.5) is 22.7 Å². The molecule has 6 rings (SSSR count). The number of benzene rings is 5. The molecule has 0 unspecified atom stereocenters. The summed E-state index contributed by atoms with van der Waals surface area (Å²) in [5.74, 6) is 0.224. The fourth-order valence-electron chi connectivity index (χ4n) is 6.27. The predicted octanol–water partition coefficient (Wildman–Crippen LogP) is 9.29. The maximum atomic E-state index is 12.2. The van der Waals surface area contributed by atoms with Crippen LogP contribution in [0.5, 0.6) is 11.5 Å². The Hall–Kier alpha value is -5.02. The van der Waals surface area contributed by atoms with Crippen molar-refractivity contribution in [1.29, 1.82) is 0 Å². The highest BCUT2D eigenvalue weighted by atomic mass is 32.2. The molecule has 0 heterocycles. The molecule has 252 valence electrons. The Morgan fingerprint density at radius 1 is 0.592 bits per heavy atom. The van der Waals surface area contributed by atoms with E-state index in [9.17, 15) is 36.2 Å². The monoisotopic (exact) mass is 700 g/mol. The van der Waals surface area contributed by atoms with Crippen molar-refractivity contribution in [2.45, 2.75) is 47.8 Å². The molecule has 0 amide bonds. The van der Waals surface area contributed by atoms with Crippen LogP contribution in [-0.2, 0) is 20.2 Å². The number of aromatic hydroxyl groups is 2. The van der Waals surface area contributed by atoms with Gasteiger partial charge < -0.3 is 10.2 Å². The summed E-state index contributed by atoms with van der Waals surface area (Å²) < 4.78 is 67.4. The third-order valence-corrected chi connectivity index (χ3v) is 10.3. The molecule has 0 spiro atoms. The van der Waals surface area contributed by atoms with Gasteiger partial charge in [-0.05, 0) is 102 Å². The van der Waals surface area contributed by atoms with Crippen LogP contribution in [0.2, 0.25) is 0 Å². The van der Waals surface area contributed by atoms with E-state index in [0.29, 0.717) is 29.0 Å². The molecule has 0 radical (unpaired) electrons. The molecular weight excluding hydrogens is 669 g/mol. The summed E-state index contributed by atoms with van der Waals surface area (Å²) in [7, 11) is -9.83. The van der Waals surface area contributed by atoms with Crippen LogP contribution in [-0.4, -0.2) is 36.2 Å². The summed E-state index contributed by atoms with van der Waals surface area (Å²) in [6, 6.07) is 25.9. The van der Waals surface area contributed by atoms with Gasteiger partial charge in [-0.3, -0.25) is 9.11 Å². The van der Waals surface area contributed by atoms with Gasteiger partial charge in [0.1, 0.15) is 22.1 Å². The fraction of sp³-hybridized carbons (Fsp3) is 0.200. The minimum Gasteiger partial charge on any atom is -0.508 e. The van der Waals surface area contributed by atoms with Gasteiger partial charge in [-0.2, -0.15) is 32.2 Å². The molecule has 1 fully saturated rings. The molecule has 0 bridgehead atoms. The van der Waals surface area contributed by atoms with Crippen molar-refractivity contribution in [3.63, 3.8) is 0 Å². The Kier molecular flexibility index (Phi) is 9.56. The van der Waals surface area contributed by atoms with Crippen LogP contribution in [0.15, 0.2) is 127 Å². The van der Waals surface area contributed by atoms with Gasteiger partial charge in [-0.1, -0.05) is 49.6 Å². The number of nitrogens with zero attached hydrogens (tertiary/aromatic N) is 4. The number of rotatable bonds is 9. The number of phenolic OH excluding ortho intramolecular Hbond substituents is 2. The molecule has 0 aliphatic heterocycles. The third kappa shape index (κ3) is 7.84. The first-order valence-electron chi connectivity index (χ1n) is 15.4. The van der Waals surface area contributed by atoms with E-state index < -0.39 is 35.8 Å². The summed E-state index contributed by atoms with van der Waals surface area (Å²) >= 11 is 0. The van der Waals surface area contributed by atoms with Gasteiger partial charge in [0.05, 0.1) is 22.0 Å². The first-order chi connectivity index (χ1) is 23.4. The zero-order valence-corrected chi connectivity index (χ0v) is 27.6. The van der Waals surface area contributed by atoms with Crippen LogP contribution in [0.1, 0.15) is 49.1 Å². The highest BCUT2D eigenvalue weighted by molar-refractivity contribution is 7.86. The van der Waals surface area contributed by atoms with Crippen LogP contribution < -0.4 is 0 Å². The Morgan fingerprint density at radius 3 is 1.61 bits per heavy atom. The second kappa shape index (κ2) is 13.8. The zero-order valence-electron chi connectivity index (χ0n) is 26.0. The minimum atomic E-state index is -5.01.